The summed E-state index contributed by atoms with van der Waals surface area (Å²) in [6.07, 6.45) is -2.27. The van der Waals surface area contributed by atoms with Crippen LogP contribution in [0.25, 0.3) is 39.1 Å². The van der Waals surface area contributed by atoms with E-state index < -0.39 is 17.8 Å². The average molecular weight is 426 g/mol. The number of carbonyl (C=O) groups excluding carboxylic acids is 1. The van der Waals surface area contributed by atoms with Gasteiger partial charge in [0.2, 0.25) is 0 Å². The lowest BCUT2D eigenvalue weighted by molar-refractivity contribution is -0.141. The summed E-state index contributed by atoms with van der Waals surface area (Å²) in [7, 11) is 0. The Morgan fingerprint density at radius 2 is 2.00 bits per heavy atom. The number of nitrogens with two attached hydrogens (primary N) is 1. The standard InChI is InChI=1S/C20H13F3N6O2/c1-8-2-3-11(30)14-16(8)29-18(28-14)13(17(24)31)15-19(29)26-7-10(27-15)9-4-5-25-12(6-9)20(21,22)23/h2-7,28,30H,1H3,(H2,24,31). The predicted molar refractivity (Wildman–Crippen MR) is 106 cm³/mol. The number of rotatable bonds is 2. The molecule has 0 aliphatic rings. The molecule has 0 aliphatic carbocycles. The fourth-order valence-corrected chi connectivity index (χ4v) is 3.71. The molecule has 0 spiro atoms. The lowest BCUT2D eigenvalue weighted by Gasteiger charge is -2.07. The molecule has 1 amide bonds. The highest BCUT2D eigenvalue weighted by Gasteiger charge is 2.33. The maximum absolute atomic E-state index is 13.0. The molecule has 11 heteroatoms. The third-order valence-electron chi connectivity index (χ3n) is 5.08. The van der Waals surface area contributed by atoms with Crippen molar-refractivity contribution >= 4 is 33.8 Å². The number of fused-ring (bicyclic) bond motifs is 5. The smallest absolute Gasteiger partial charge is 0.433 e. The van der Waals surface area contributed by atoms with Gasteiger partial charge in [-0.2, -0.15) is 13.2 Å². The minimum absolute atomic E-state index is 0.0180. The first-order chi connectivity index (χ1) is 14.7. The van der Waals surface area contributed by atoms with Crippen LogP contribution in [0.15, 0.2) is 36.7 Å². The van der Waals surface area contributed by atoms with Gasteiger partial charge in [-0.3, -0.25) is 14.2 Å². The first-order valence-electron chi connectivity index (χ1n) is 9.01. The minimum Gasteiger partial charge on any atom is -0.506 e. The second-order valence-electron chi connectivity index (χ2n) is 7.03. The number of aromatic hydroxyl groups is 1. The van der Waals surface area contributed by atoms with Gasteiger partial charge in [-0.15, -0.1) is 0 Å². The highest BCUT2D eigenvalue weighted by molar-refractivity contribution is 6.13. The molecule has 156 valence electrons. The molecule has 0 saturated heterocycles. The Balaban J connectivity index is 1.84. The Labute approximate surface area is 171 Å². The number of aromatic amines is 1. The van der Waals surface area contributed by atoms with Crippen molar-refractivity contribution < 1.29 is 23.1 Å². The van der Waals surface area contributed by atoms with Gasteiger partial charge in [-0.1, -0.05) is 6.07 Å². The molecule has 8 nitrogen and oxygen atoms in total. The molecule has 0 aliphatic heterocycles. The van der Waals surface area contributed by atoms with Crippen molar-refractivity contribution in [1.29, 1.82) is 0 Å². The van der Waals surface area contributed by atoms with Gasteiger partial charge in [0.1, 0.15) is 33.7 Å². The van der Waals surface area contributed by atoms with Crippen LogP contribution in [0.3, 0.4) is 0 Å². The largest absolute Gasteiger partial charge is 0.506 e. The molecule has 0 atom stereocenters. The number of phenols is 1. The van der Waals surface area contributed by atoms with Crippen molar-refractivity contribution in [3.8, 4) is 17.0 Å². The van der Waals surface area contributed by atoms with E-state index in [2.05, 4.69) is 19.9 Å². The summed E-state index contributed by atoms with van der Waals surface area (Å²) in [5, 5.41) is 10.2. The number of pyridine rings is 1. The van der Waals surface area contributed by atoms with Gasteiger partial charge in [0.05, 0.1) is 17.4 Å². The number of imidazole rings is 1. The molecule has 4 heterocycles. The van der Waals surface area contributed by atoms with Crippen LogP contribution in [-0.2, 0) is 6.18 Å². The zero-order valence-corrected chi connectivity index (χ0v) is 15.8. The summed E-state index contributed by atoms with van der Waals surface area (Å²) >= 11 is 0. The molecule has 0 unspecified atom stereocenters. The Hall–Kier alpha value is -4.15. The first-order valence-corrected chi connectivity index (χ1v) is 9.01. The zero-order valence-electron chi connectivity index (χ0n) is 15.8. The second-order valence-corrected chi connectivity index (χ2v) is 7.03. The van der Waals surface area contributed by atoms with Crippen LogP contribution in [0, 0.1) is 6.92 Å². The van der Waals surface area contributed by atoms with E-state index in [0.29, 0.717) is 11.0 Å². The molecule has 4 aromatic heterocycles. The van der Waals surface area contributed by atoms with Crippen LogP contribution in [0.2, 0.25) is 0 Å². The molecular formula is C20H13F3N6O2. The molecule has 0 saturated carbocycles. The number of benzene rings is 1. The van der Waals surface area contributed by atoms with Crippen molar-refractivity contribution in [3.05, 3.63) is 53.5 Å². The number of H-pyrrole nitrogens is 1. The Morgan fingerprint density at radius 1 is 1.23 bits per heavy atom. The third kappa shape index (κ3) is 2.70. The number of hydrogen-bond acceptors (Lipinski definition) is 5. The molecule has 0 radical (unpaired) electrons. The van der Waals surface area contributed by atoms with Crippen LogP contribution in [0.4, 0.5) is 13.2 Å². The number of hydrogen-bond donors (Lipinski definition) is 3. The Bertz CT molecular complexity index is 1530. The van der Waals surface area contributed by atoms with Crippen molar-refractivity contribution in [3.63, 3.8) is 0 Å². The van der Waals surface area contributed by atoms with Gasteiger partial charge in [-0.25, -0.2) is 9.97 Å². The van der Waals surface area contributed by atoms with E-state index in [0.717, 1.165) is 17.8 Å². The van der Waals surface area contributed by atoms with E-state index in [1.165, 1.54) is 18.3 Å². The summed E-state index contributed by atoms with van der Waals surface area (Å²) in [6, 6.07) is 5.46. The van der Waals surface area contributed by atoms with Crippen molar-refractivity contribution in [1.82, 2.24) is 24.3 Å². The van der Waals surface area contributed by atoms with Crippen LogP contribution in [-0.4, -0.2) is 35.4 Å². The number of halogens is 3. The van der Waals surface area contributed by atoms with E-state index in [1.54, 1.807) is 10.5 Å². The third-order valence-corrected chi connectivity index (χ3v) is 5.08. The van der Waals surface area contributed by atoms with E-state index in [-0.39, 0.29) is 39.4 Å². The number of carbonyl (C=O) groups is 1. The number of nitrogens with zero attached hydrogens (tertiary/aromatic N) is 4. The lowest BCUT2D eigenvalue weighted by Crippen LogP contribution is -2.11. The fourth-order valence-electron chi connectivity index (χ4n) is 3.71. The van der Waals surface area contributed by atoms with Crippen molar-refractivity contribution in [2.75, 3.05) is 0 Å². The Morgan fingerprint density at radius 3 is 2.71 bits per heavy atom. The summed E-state index contributed by atoms with van der Waals surface area (Å²) in [5.74, 6) is -0.817. The quantitative estimate of drug-likeness (QED) is 0.398. The van der Waals surface area contributed by atoms with Crippen LogP contribution >= 0.6 is 0 Å². The Kier molecular flexibility index (Phi) is 3.75. The molecule has 1 aromatic carbocycles. The maximum Gasteiger partial charge on any atom is 0.433 e. The predicted octanol–water partition coefficient (Wildman–Crippen LogP) is 3.56. The monoisotopic (exact) mass is 426 g/mol. The highest BCUT2D eigenvalue weighted by atomic mass is 19.4. The van der Waals surface area contributed by atoms with Crippen molar-refractivity contribution in [2.24, 2.45) is 5.73 Å². The summed E-state index contributed by atoms with van der Waals surface area (Å²) in [5.41, 5.74) is 7.27. The number of phenolic OH excluding ortho intramolecular Hbond substituents is 1. The topological polar surface area (TPSA) is 122 Å². The zero-order chi connectivity index (χ0) is 22.1. The van der Waals surface area contributed by atoms with Gasteiger partial charge in [0.25, 0.3) is 5.91 Å². The molecule has 0 fully saturated rings. The van der Waals surface area contributed by atoms with Gasteiger partial charge >= 0.3 is 6.18 Å². The molecule has 4 N–H and O–H groups in total. The number of nitrogens with one attached hydrogen (secondary N) is 1. The number of aromatic nitrogens is 5. The molecule has 5 rings (SSSR count). The first kappa shape index (κ1) is 18.9. The average Bonchev–Trinajstić information content (AvgIpc) is 3.25. The van der Waals surface area contributed by atoms with E-state index in [1.807, 2.05) is 6.92 Å². The minimum atomic E-state index is -4.61. The number of aryl methyl sites for hydroxylation is 1. The fraction of sp³-hybridized carbons (Fsp3) is 0.100. The number of alkyl halides is 3. The molecule has 5 aromatic rings. The van der Waals surface area contributed by atoms with Gasteiger partial charge in [0, 0.05) is 11.8 Å². The SMILES string of the molecule is Cc1ccc(O)c2[nH]c3c(C(N)=O)c4nc(-c5ccnc(C(F)(F)F)c5)cnc4n3c12. The number of amides is 1. The summed E-state index contributed by atoms with van der Waals surface area (Å²) < 4.78 is 40.7. The molecule has 0 bridgehead atoms. The number of primary amides is 1. The summed E-state index contributed by atoms with van der Waals surface area (Å²) in [4.78, 5) is 27.4. The summed E-state index contributed by atoms with van der Waals surface area (Å²) in [6.45, 7) is 1.82. The van der Waals surface area contributed by atoms with E-state index in [9.17, 15) is 23.1 Å². The van der Waals surface area contributed by atoms with E-state index >= 15 is 0 Å². The van der Waals surface area contributed by atoms with Gasteiger partial charge in [-0.05, 0) is 30.7 Å². The van der Waals surface area contributed by atoms with E-state index in [4.69, 9.17) is 5.73 Å². The van der Waals surface area contributed by atoms with Crippen LogP contribution in [0.5, 0.6) is 5.75 Å². The van der Waals surface area contributed by atoms with Gasteiger partial charge in [0.15, 0.2) is 5.65 Å². The maximum atomic E-state index is 13.0. The van der Waals surface area contributed by atoms with Gasteiger partial charge < -0.3 is 15.8 Å². The van der Waals surface area contributed by atoms with Crippen molar-refractivity contribution in [2.45, 2.75) is 13.1 Å². The van der Waals surface area contributed by atoms with Crippen LogP contribution in [0.1, 0.15) is 21.6 Å². The molecule has 31 heavy (non-hydrogen) atoms. The normalized spacial score (nSPS) is 12.3. The lowest BCUT2D eigenvalue weighted by atomic mass is 10.1. The highest BCUT2D eigenvalue weighted by Crippen LogP contribution is 2.35. The van der Waals surface area contributed by atoms with Crippen LogP contribution < -0.4 is 5.73 Å². The molecular weight excluding hydrogens is 413 g/mol. The second kappa shape index (κ2) is 6.17.